The first-order chi connectivity index (χ1) is 8.83. The number of anilines is 2. The van der Waals surface area contributed by atoms with Crippen LogP contribution in [0.1, 0.15) is 25.3 Å². The van der Waals surface area contributed by atoms with E-state index in [1.807, 2.05) is 25.1 Å². The number of nitrogens with one attached hydrogen (secondary N) is 2. The van der Waals surface area contributed by atoms with Crippen molar-refractivity contribution in [2.24, 2.45) is 0 Å². The minimum Gasteiger partial charge on any atom is -0.406 e. The van der Waals surface area contributed by atoms with E-state index in [4.69, 9.17) is 4.42 Å². The quantitative estimate of drug-likeness (QED) is 0.820. The molecule has 0 aliphatic heterocycles. The van der Waals surface area contributed by atoms with Gasteiger partial charge in [-0.1, -0.05) is 37.1 Å². The van der Waals surface area contributed by atoms with Crippen molar-refractivity contribution in [2.45, 2.75) is 26.8 Å². The zero-order valence-electron chi connectivity index (χ0n) is 10.7. The maximum Gasteiger partial charge on any atom is 0.320 e. The fraction of sp³-hybridized carbons (Fsp3) is 0.385. The van der Waals surface area contributed by atoms with Gasteiger partial charge in [0.2, 0.25) is 5.89 Å². The van der Waals surface area contributed by atoms with Gasteiger partial charge in [-0.3, -0.25) is 0 Å². The lowest BCUT2D eigenvalue weighted by atomic mass is 10.1. The van der Waals surface area contributed by atoms with Gasteiger partial charge in [0.25, 0.3) is 0 Å². The molecule has 0 aliphatic carbocycles. The SMILES string of the molecule is CCNCc1nnc(Nc2ccccc2CC)o1. The van der Waals surface area contributed by atoms with Crippen LogP contribution >= 0.6 is 0 Å². The predicted octanol–water partition coefficient (Wildman–Crippen LogP) is 2.49. The van der Waals surface area contributed by atoms with E-state index in [0.717, 1.165) is 18.7 Å². The van der Waals surface area contributed by atoms with E-state index in [1.54, 1.807) is 0 Å². The molecule has 1 heterocycles. The van der Waals surface area contributed by atoms with E-state index in [9.17, 15) is 0 Å². The lowest BCUT2D eigenvalue weighted by Crippen LogP contribution is -2.11. The van der Waals surface area contributed by atoms with Gasteiger partial charge in [0, 0.05) is 5.69 Å². The Balaban J connectivity index is 2.06. The normalized spacial score (nSPS) is 10.6. The summed E-state index contributed by atoms with van der Waals surface area (Å²) >= 11 is 0. The Kier molecular flexibility index (Phi) is 4.30. The van der Waals surface area contributed by atoms with Gasteiger partial charge in [-0.15, -0.1) is 5.10 Å². The molecule has 18 heavy (non-hydrogen) atoms. The molecule has 1 aromatic heterocycles. The summed E-state index contributed by atoms with van der Waals surface area (Å²) in [5.74, 6) is 0.591. The van der Waals surface area contributed by atoms with E-state index < -0.39 is 0 Å². The highest BCUT2D eigenvalue weighted by molar-refractivity contribution is 5.57. The Bertz CT molecular complexity index is 495. The van der Waals surface area contributed by atoms with Crippen molar-refractivity contribution in [1.82, 2.24) is 15.5 Å². The zero-order valence-corrected chi connectivity index (χ0v) is 10.7. The zero-order chi connectivity index (χ0) is 12.8. The number of para-hydroxylation sites is 1. The van der Waals surface area contributed by atoms with Crippen molar-refractivity contribution in [3.8, 4) is 0 Å². The highest BCUT2D eigenvalue weighted by Crippen LogP contribution is 2.20. The third-order valence-corrected chi connectivity index (χ3v) is 2.63. The molecule has 0 spiro atoms. The Morgan fingerprint density at radius 3 is 2.78 bits per heavy atom. The van der Waals surface area contributed by atoms with Crippen LogP contribution in [0.15, 0.2) is 28.7 Å². The Morgan fingerprint density at radius 2 is 2.00 bits per heavy atom. The maximum atomic E-state index is 5.49. The third kappa shape index (κ3) is 3.07. The molecule has 5 nitrogen and oxygen atoms in total. The molecule has 0 saturated heterocycles. The van der Waals surface area contributed by atoms with E-state index >= 15 is 0 Å². The lowest BCUT2D eigenvalue weighted by molar-refractivity contribution is 0.484. The van der Waals surface area contributed by atoms with Crippen LogP contribution in [0.3, 0.4) is 0 Å². The molecule has 2 rings (SSSR count). The first-order valence-electron chi connectivity index (χ1n) is 6.21. The van der Waals surface area contributed by atoms with Crippen molar-refractivity contribution in [3.05, 3.63) is 35.7 Å². The molecule has 0 saturated carbocycles. The molecule has 2 aromatic rings. The molecular weight excluding hydrogens is 228 g/mol. The summed E-state index contributed by atoms with van der Waals surface area (Å²) in [7, 11) is 0. The van der Waals surface area contributed by atoms with E-state index in [-0.39, 0.29) is 0 Å². The van der Waals surface area contributed by atoms with E-state index in [1.165, 1.54) is 5.56 Å². The van der Waals surface area contributed by atoms with Gasteiger partial charge < -0.3 is 15.1 Å². The van der Waals surface area contributed by atoms with Crippen molar-refractivity contribution in [3.63, 3.8) is 0 Å². The summed E-state index contributed by atoms with van der Waals surface area (Å²) in [4.78, 5) is 0. The highest BCUT2D eigenvalue weighted by atomic mass is 16.4. The van der Waals surface area contributed by atoms with Gasteiger partial charge in [-0.05, 0) is 24.6 Å². The molecule has 1 aromatic carbocycles. The van der Waals surface area contributed by atoms with E-state index in [0.29, 0.717) is 18.5 Å². The maximum absolute atomic E-state index is 5.49. The summed E-state index contributed by atoms with van der Waals surface area (Å²) in [6.45, 7) is 5.63. The van der Waals surface area contributed by atoms with Gasteiger partial charge in [0.15, 0.2) is 0 Å². The van der Waals surface area contributed by atoms with Gasteiger partial charge in [0.1, 0.15) is 0 Å². The van der Waals surface area contributed by atoms with Crippen LogP contribution < -0.4 is 10.6 Å². The number of rotatable bonds is 6. The first kappa shape index (κ1) is 12.6. The summed E-state index contributed by atoms with van der Waals surface area (Å²) < 4.78 is 5.49. The number of hydrogen-bond acceptors (Lipinski definition) is 5. The fourth-order valence-corrected chi connectivity index (χ4v) is 1.67. The number of aryl methyl sites for hydroxylation is 1. The van der Waals surface area contributed by atoms with Crippen LogP contribution in [-0.2, 0) is 13.0 Å². The topological polar surface area (TPSA) is 63.0 Å². The van der Waals surface area contributed by atoms with Gasteiger partial charge >= 0.3 is 6.01 Å². The molecule has 0 aliphatic rings. The molecule has 2 N–H and O–H groups in total. The van der Waals surface area contributed by atoms with Crippen molar-refractivity contribution in [2.75, 3.05) is 11.9 Å². The third-order valence-electron chi connectivity index (χ3n) is 2.63. The first-order valence-corrected chi connectivity index (χ1v) is 6.21. The van der Waals surface area contributed by atoms with Crippen molar-refractivity contribution in [1.29, 1.82) is 0 Å². The van der Waals surface area contributed by atoms with Crippen LogP contribution in [0, 0.1) is 0 Å². The molecule has 0 bridgehead atoms. The fourth-order valence-electron chi connectivity index (χ4n) is 1.67. The molecule has 96 valence electrons. The Hall–Kier alpha value is -1.88. The van der Waals surface area contributed by atoms with Gasteiger partial charge in [-0.25, -0.2) is 0 Å². The second-order valence-corrected chi connectivity index (χ2v) is 3.92. The molecule has 0 amide bonds. The summed E-state index contributed by atoms with van der Waals surface area (Å²) in [5, 5.41) is 14.2. The van der Waals surface area contributed by atoms with Crippen LogP contribution in [0.4, 0.5) is 11.7 Å². The van der Waals surface area contributed by atoms with Gasteiger partial charge in [0.05, 0.1) is 6.54 Å². The highest BCUT2D eigenvalue weighted by Gasteiger charge is 2.07. The monoisotopic (exact) mass is 246 g/mol. The van der Waals surface area contributed by atoms with E-state index in [2.05, 4.69) is 33.8 Å². The summed E-state index contributed by atoms with van der Waals surface area (Å²) in [5.41, 5.74) is 2.24. The largest absolute Gasteiger partial charge is 0.406 e. The van der Waals surface area contributed by atoms with Crippen LogP contribution in [0.25, 0.3) is 0 Å². The van der Waals surface area contributed by atoms with Crippen LogP contribution in [0.2, 0.25) is 0 Å². The smallest absolute Gasteiger partial charge is 0.320 e. The number of hydrogen-bond donors (Lipinski definition) is 2. The predicted molar refractivity (Wildman–Crippen MR) is 70.8 cm³/mol. The summed E-state index contributed by atoms with van der Waals surface area (Å²) in [6, 6.07) is 8.53. The van der Waals surface area contributed by atoms with Crippen LogP contribution in [-0.4, -0.2) is 16.7 Å². The minimum atomic E-state index is 0.434. The minimum absolute atomic E-state index is 0.434. The molecule has 0 atom stereocenters. The molecule has 0 fully saturated rings. The standard InChI is InChI=1S/C13H18N4O/c1-3-10-7-5-6-8-11(10)15-13-17-16-12(18-13)9-14-4-2/h5-8,14H,3-4,9H2,1-2H3,(H,15,17). The second-order valence-electron chi connectivity index (χ2n) is 3.92. The average Bonchev–Trinajstić information content (AvgIpc) is 2.84. The Morgan fingerprint density at radius 1 is 1.17 bits per heavy atom. The second kappa shape index (κ2) is 6.16. The molecule has 5 heteroatoms. The lowest BCUT2D eigenvalue weighted by Gasteiger charge is -2.06. The van der Waals surface area contributed by atoms with Crippen LogP contribution in [0.5, 0.6) is 0 Å². The number of benzene rings is 1. The molecular formula is C13H18N4O. The van der Waals surface area contributed by atoms with Crippen molar-refractivity contribution < 1.29 is 4.42 Å². The molecule has 0 radical (unpaired) electrons. The molecule has 0 unspecified atom stereocenters. The van der Waals surface area contributed by atoms with Gasteiger partial charge in [-0.2, -0.15) is 0 Å². The number of aromatic nitrogens is 2. The average molecular weight is 246 g/mol. The number of nitrogens with zero attached hydrogens (tertiary/aromatic N) is 2. The van der Waals surface area contributed by atoms with Crippen molar-refractivity contribution >= 4 is 11.7 Å². The Labute approximate surface area is 107 Å². The summed E-state index contributed by atoms with van der Waals surface area (Å²) in [6.07, 6.45) is 0.960.